The number of hydrogen-bond donors (Lipinski definition) is 2. The zero-order chi connectivity index (χ0) is 20.8. The van der Waals surface area contributed by atoms with E-state index in [1.807, 2.05) is 49.4 Å². The quantitative estimate of drug-likeness (QED) is 0.434. The SMILES string of the molecule is COc1ccc(C/C(C)=N\NC(=O)[C@@H](C)Nc2nc3ccccc3s2)cc1OC. The summed E-state index contributed by atoms with van der Waals surface area (Å²) in [6.45, 7) is 3.64. The largest absolute Gasteiger partial charge is 0.493 e. The molecule has 2 N–H and O–H groups in total. The van der Waals surface area contributed by atoms with Crippen LogP contribution in [0, 0.1) is 0 Å². The lowest BCUT2D eigenvalue weighted by molar-refractivity contribution is -0.121. The van der Waals surface area contributed by atoms with Gasteiger partial charge in [0.2, 0.25) is 0 Å². The maximum atomic E-state index is 12.4. The summed E-state index contributed by atoms with van der Waals surface area (Å²) in [4.78, 5) is 16.8. The molecule has 152 valence electrons. The molecule has 0 aliphatic rings. The summed E-state index contributed by atoms with van der Waals surface area (Å²) in [7, 11) is 3.20. The van der Waals surface area contributed by atoms with Crippen molar-refractivity contribution in [3.05, 3.63) is 48.0 Å². The summed E-state index contributed by atoms with van der Waals surface area (Å²) in [5.74, 6) is 1.11. The van der Waals surface area contributed by atoms with Gasteiger partial charge >= 0.3 is 0 Å². The van der Waals surface area contributed by atoms with Gasteiger partial charge in [-0.05, 0) is 43.7 Å². The summed E-state index contributed by atoms with van der Waals surface area (Å²) in [5.41, 5.74) is 5.32. The summed E-state index contributed by atoms with van der Waals surface area (Å²) in [6, 6.07) is 13.1. The fourth-order valence-electron chi connectivity index (χ4n) is 2.76. The highest BCUT2D eigenvalue weighted by Gasteiger charge is 2.14. The first-order valence-corrected chi connectivity index (χ1v) is 9.98. The molecule has 3 rings (SSSR count). The van der Waals surface area contributed by atoms with Crippen molar-refractivity contribution in [3.63, 3.8) is 0 Å². The van der Waals surface area contributed by atoms with E-state index < -0.39 is 6.04 Å². The number of fused-ring (bicyclic) bond motifs is 1. The van der Waals surface area contributed by atoms with Crippen LogP contribution in [0.15, 0.2) is 47.6 Å². The molecule has 0 radical (unpaired) electrons. The highest BCUT2D eigenvalue weighted by Crippen LogP contribution is 2.28. The predicted octanol–water partition coefficient (Wildman–Crippen LogP) is 3.85. The van der Waals surface area contributed by atoms with Crippen molar-refractivity contribution in [2.75, 3.05) is 19.5 Å². The van der Waals surface area contributed by atoms with E-state index in [1.165, 1.54) is 11.3 Å². The Bertz CT molecular complexity index is 999. The van der Waals surface area contributed by atoms with E-state index in [1.54, 1.807) is 21.1 Å². The smallest absolute Gasteiger partial charge is 0.262 e. The monoisotopic (exact) mass is 412 g/mol. The Labute approximate surface area is 173 Å². The molecule has 0 unspecified atom stereocenters. The van der Waals surface area contributed by atoms with Crippen molar-refractivity contribution < 1.29 is 14.3 Å². The molecule has 7 nitrogen and oxygen atoms in total. The predicted molar refractivity (Wildman–Crippen MR) is 117 cm³/mol. The van der Waals surface area contributed by atoms with Gasteiger partial charge in [-0.25, -0.2) is 10.4 Å². The fraction of sp³-hybridized carbons (Fsp3) is 0.286. The van der Waals surface area contributed by atoms with Gasteiger partial charge in [0, 0.05) is 12.1 Å². The summed E-state index contributed by atoms with van der Waals surface area (Å²) in [6.07, 6.45) is 0.584. The molecule has 1 aromatic heterocycles. The third-order valence-corrected chi connectivity index (χ3v) is 5.26. The molecule has 0 saturated heterocycles. The Morgan fingerprint density at radius 3 is 2.66 bits per heavy atom. The Morgan fingerprint density at radius 1 is 1.17 bits per heavy atom. The number of benzene rings is 2. The second kappa shape index (κ2) is 9.38. The molecule has 1 amide bonds. The fourth-order valence-corrected chi connectivity index (χ4v) is 3.71. The van der Waals surface area contributed by atoms with Gasteiger partial charge in [0.05, 0.1) is 24.4 Å². The third kappa shape index (κ3) is 5.23. The Morgan fingerprint density at radius 2 is 1.93 bits per heavy atom. The molecule has 8 heteroatoms. The van der Waals surface area contributed by atoms with Gasteiger partial charge in [-0.2, -0.15) is 5.10 Å². The van der Waals surface area contributed by atoms with E-state index in [4.69, 9.17) is 9.47 Å². The molecule has 0 fully saturated rings. The number of carbonyl (C=O) groups excluding carboxylic acids is 1. The lowest BCUT2D eigenvalue weighted by Crippen LogP contribution is -2.35. The first kappa shape index (κ1) is 20.6. The van der Waals surface area contributed by atoms with Crippen molar-refractivity contribution in [2.45, 2.75) is 26.3 Å². The maximum absolute atomic E-state index is 12.4. The molecule has 0 saturated carbocycles. The molecule has 0 spiro atoms. The van der Waals surface area contributed by atoms with Crippen LogP contribution in [0.3, 0.4) is 0 Å². The van der Waals surface area contributed by atoms with E-state index in [9.17, 15) is 4.79 Å². The molecule has 1 heterocycles. The van der Waals surface area contributed by atoms with Gasteiger partial charge in [-0.15, -0.1) is 0 Å². The summed E-state index contributed by atoms with van der Waals surface area (Å²) >= 11 is 1.52. The third-order valence-electron chi connectivity index (χ3n) is 4.29. The zero-order valence-corrected chi connectivity index (χ0v) is 17.7. The number of thiazole rings is 1. The van der Waals surface area contributed by atoms with Crippen LogP contribution in [0.4, 0.5) is 5.13 Å². The maximum Gasteiger partial charge on any atom is 0.262 e. The van der Waals surface area contributed by atoms with Crippen molar-refractivity contribution in [1.82, 2.24) is 10.4 Å². The first-order valence-electron chi connectivity index (χ1n) is 9.16. The molecule has 1 atom stereocenters. The lowest BCUT2D eigenvalue weighted by atomic mass is 10.1. The van der Waals surface area contributed by atoms with Crippen LogP contribution in [0.25, 0.3) is 10.2 Å². The number of amides is 1. The van der Waals surface area contributed by atoms with Crippen LogP contribution in [0.2, 0.25) is 0 Å². The minimum Gasteiger partial charge on any atom is -0.493 e. The average Bonchev–Trinajstić information content (AvgIpc) is 3.14. The minimum atomic E-state index is -0.465. The van der Waals surface area contributed by atoms with Gasteiger partial charge < -0.3 is 14.8 Å². The molecular formula is C21H24N4O3S. The number of nitrogens with one attached hydrogen (secondary N) is 2. The second-order valence-electron chi connectivity index (χ2n) is 6.54. The second-order valence-corrected chi connectivity index (χ2v) is 7.57. The molecular weight excluding hydrogens is 388 g/mol. The number of anilines is 1. The van der Waals surface area contributed by atoms with E-state index in [0.29, 0.717) is 23.1 Å². The molecule has 0 bridgehead atoms. The summed E-state index contributed by atoms with van der Waals surface area (Å²) < 4.78 is 11.6. The highest BCUT2D eigenvalue weighted by molar-refractivity contribution is 7.22. The first-order chi connectivity index (χ1) is 14.0. The number of hydrogen-bond acceptors (Lipinski definition) is 7. The van der Waals surface area contributed by atoms with Gasteiger partial charge in [-0.1, -0.05) is 29.5 Å². The van der Waals surface area contributed by atoms with Crippen LogP contribution in [-0.4, -0.2) is 36.9 Å². The average molecular weight is 413 g/mol. The Hall–Kier alpha value is -3.13. The van der Waals surface area contributed by atoms with E-state index in [-0.39, 0.29) is 5.91 Å². The summed E-state index contributed by atoms with van der Waals surface area (Å²) in [5, 5.41) is 8.05. The van der Waals surface area contributed by atoms with Gasteiger partial charge in [0.25, 0.3) is 5.91 Å². The van der Waals surface area contributed by atoms with Crippen LogP contribution in [0.5, 0.6) is 11.5 Å². The van der Waals surface area contributed by atoms with Gasteiger partial charge in [-0.3, -0.25) is 4.79 Å². The van der Waals surface area contributed by atoms with Crippen molar-refractivity contribution in [2.24, 2.45) is 5.10 Å². The van der Waals surface area contributed by atoms with E-state index >= 15 is 0 Å². The molecule has 0 aliphatic carbocycles. The minimum absolute atomic E-state index is 0.226. The van der Waals surface area contributed by atoms with Crippen LogP contribution in [0.1, 0.15) is 19.4 Å². The highest BCUT2D eigenvalue weighted by atomic mass is 32.1. The lowest BCUT2D eigenvalue weighted by Gasteiger charge is -2.12. The van der Waals surface area contributed by atoms with Gasteiger partial charge in [0.1, 0.15) is 6.04 Å². The van der Waals surface area contributed by atoms with E-state index in [0.717, 1.165) is 21.5 Å². The number of rotatable bonds is 8. The number of nitrogens with zero attached hydrogens (tertiary/aromatic N) is 2. The number of aromatic nitrogens is 1. The normalized spacial score (nSPS) is 12.5. The Balaban J connectivity index is 1.57. The van der Waals surface area contributed by atoms with Crippen molar-refractivity contribution in [3.8, 4) is 11.5 Å². The Kier molecular flexibility index (Phi) is 6.66. The number of carbonyl (C=O) groups is 1. The van der Waals surface area contributed by atoms with E-state index in [2.05, 4.69) is 20.8 Å². The number of methoxy groups -OCH3 is 2. The van der Waals surface area contributed by atoms with Crippen molar-refractivity contribution in [1.29, 1.82) is 0 Å². The number of hydrazone groups is 1. The zero-order valence-electron chi connectivity index (χ0n) is 16.9. The molecule has 29 heavy (non-hydrogen) atoms. The molecule has 3 aromatic rings. The van der Waals surface area contributed by atoms with Crippen LogP contribution in [-0.2, 0) is 11.2 Å². The number of ether oxygens (including phenoxy) is 2. The molecule has 2 aromatic carbocycles. The van der Waals surface area contributed by atoms with Crippen LogP contribution < -0.4 is 20.2 Å². The van der Waals surface area contributed by atoms with Crippen LogP contribution >= 0.6 is 11.3 Å². The molecule has 0 aliphatic heterocycles. The standard InChI is InChI=1S/C21H24N4O3S/c1-13(11-15-9-10-17(27-3)18(12-15)28-4)24-25-20(26)14(2)22-21-23-16-7-5-6-8-19(16)29-21/h5-10,12,14H,11H2,1-4H3,(H,22,23)(H,25,26)/b24-13-/t14-/m1/s1. The van der Waals surface area contributed by atoms with Gasteiger partial charge in [0.15, 0.2) is 16.6 Å². The van der Waals surface area contributed by atoms with Crippen molar-refractivity contribution >= 4 is 38.3 Å². The number of para-hydroxylation sites is 1. The topological polar surface area (TPSA) is 84.8 Å².